The third kappa shape index (κ3) is 2.30. The molecule has 3 aromatic rings. The standard InChI is InChI=1S/C20H17FN6O2/c1-10-6-22-19(28)15-7-23-27-3-2-16(24-18(15)27)26-8-11-4-13(11)17(26)14-5-12(21)9-25(10)20(14)29/h2-5,7,9-10,13,17H,6,8H2,1H3,(H,22,28)/t10-,13+,17+/m0/s1. The van der Waals surface area contributed by atoms with Gasteiger partial charge in [-0.15, -0.1) is 0 Å². The molecular weight excluding hydrogens is 375 g/mol. The van der Waals surface area contributed by atoms with E-state index in [0.717, 1.165) is 0 Å². The topological polar surface area (TPSA) is 84.5 Å². The van der Waals surface area contributed by atoms with Gasteiger partial charge in [0.15, 0.2) is 5.65 Å². The number of carbonyl (C=O) groups is 1. The SMILES string of the molecule is C[C@H]1CNC(=O)c2cnn3ccc(nc23)N2CC3=C[C@H]3[C@@H]2c2cc(F)cn1c2=O. The van der Waals surface area contributed by atoms with Crippen molar-refractivity contribution in [1.82, 2.24) is 24.5 Å². The van der Waals surface area contributed by atoms with Crippen molar-refractivity contribution < 1.29 is 9.18 Å². The highest BCUT2D eigenvalue weighted by molar-refractivity contribution is 5.99. The largest absolute Gasteiger partial charge is 0.350 e. The molecule has 0 unspecified atom stereocenters. The van der Waals surface area contributed by atoms with Gasteiger partial charge in [-0.25, -0.2) is 13.9 Å². The van der Waals surface area contributed by atoms with E-state index in [1.54, 1.807) is 23.7 Å². The van der Waals surface area contributed by atoms with Crippen molar-refractivity contribution in [2.75, 3.05) is 18.0 Å². The summed E-state index contributed by atoms with van der Waals surface area (Å²) in [4.78, 5) is 32.7. The molecule has 0 aromatic carbocycles. The van der Waals surface area contributed by atoms with Gasteiger partial charge in [0.05, 0.1) is 18.3 Å². The number of pyridine rings is 1. The molecule has 0 saturated carbocycles. The van der Waals surface area contributed by atoms with Gasteiger partial charge >= 0.3 is 0 Å². The molecule has 5 heterocycles. The molecule has 29 heavy (non-hydrogen) atoms. The van der Waals surface area contributed by atoms with Crippen LogP contribution in [0.3, 0.4) is 0 Å². The summed E-state index contributed by atoms with van der Waals surface area (Å²) >= 11 is 0. The van der Waals surface area contributed by atoms with Crippen LogP contribution in [0.4, 0.5) is 10.2 Å². The van der Waals surface area contributed by atoms with E-state index >= 15 is 0 Å². The highest BCUT2D eigenvalue weighted by Crippen LogP contribution is 2.51. The molecule has 0 radical (unpaired) electrons. The van der Waals surface area contributed by atoms with E-state index in [1.807, 2.05) is 4.90 Å². The Kier molecular flexibility index (Phi) is 3.14. The number of fused-ring (bicyclic) bond motifs is 8. The molecule has 1 saturated heterocycles. The first-order valence-corrected chi connectivity index (χ1v) is 9.52. The van der Waals surface area contributed by atoms with Crippen molar-refractivity contribution in [3.8, 4) is 0 Å². The quantitative estimate of drug-likeness (QED) is 0.586. The van der Waals surface area contributed by atoms with E-state index in [0.29, 0.717) is 29.1 Å². The normalized spacial score (nSPS) is 24.9. The number of aromatic nitrogens is 4. The number of nitrogens with zero attached hydrogens (tertiary/aromatic N) is 5. The highest BCUT2D eigenvalue weighted by Gasteiger charge is 2.47. The number of halogens is 1. The van der Waals surface area contributed by atoms with Crippen molar-refractivity contribution in [3.63, 3.8) is 0 Å². The second-order valence-corrected chi connectivity index (χ2v) is 7.84. The van der Waals surface area contributed by atoms with Crippen LogP contribution in [0.1, 0.15) is 34.9 Å². The first-order chi connectivity index (χ1) is 14.0. The molecule has 1 N–H and O–H groups in total. The average Bonchev–Trinajstić information content (AvgIpc) is 3.18. The Morgan fingerprint density at radius 1 is 1.31 bits per heavy atom. The van der Waals surface area contributed by atoms with Crippen molar-refractivity contribution >= 4 is 17.4 Å². The van der Waals surface area contributed by atoms with Crippen LogP contribution in [0.5, 0.6) is 0 Å². The summed E-state index contributed by atoms with van der Waals surface area (Å²) < 4.78 is 17.4. The maximum Gasteiger partial charge on any atom is 0.256 e. The molecule has 6 rings (SSSR count). The maximum absolute atomic E-state index is 14.5. The number of hydrogen-bond donors (Lipinski definition) is 1. The molecule has 1 amide bonds. The lowest BCUT2D eigenvalue weighted by atomic mass is 10.0. The lowest BCUT2D eigenvalue weighted by Crippen LogP contribution is -2.37. The molecule has 0 spiro atoms. The molecule has 9 heteroatoms. The average molecular weight is 392 g/mol. The third-order valence-corrected chi connectivity index (χ3v) is 6.02. The lowest BCUT2D eigenvalue weighted by molar-refractivity contribution is 0.0950. The Balaban J connectivity index is 1.61. The van der Waals surface area contributed by atoms with Crippen molar-refractivity contribution in [3.05, 3.63) is 69.7 Å². The molecule has 1 aliphatic carbocycles. The van der Waals surface area contributed by atoms with Gasteiger partial charge in [0, 0.05) is 37.0 Å². The van der Waals surface area contributed by atoms with Crippen LogP contribution < -0.4 is 15.8 Å². The zero-order valence-electron chi connectivity index (χ0n) is 15.5. The Morgan fingerprint density at radius 2 is 2.17 bits per heavy atom. The second-order valence-electron chi connectivity index (χ2n) is 7.84. The molecule has 1 fully saturated rings. The van der Waals surface area contributed by atoms with Crippen molar-refractivity contribution in [1.29, 1.82) is 0 Å². The van der Waals surface area contributed by atoms with Crippen molar-refractivity contribution in [2.24, 2.45) is 5.92 Å². The summed E-state index contributed by atoms with van der Waals surface area (Å²) in [5, 5.41) is 7.03. The zero-order chi connectivity index (χ0) is 19.9. The molecule has 2 aliphatic heterocycles. The third-order valence-electron chi connectivity index (χ3n) is 6.02. The Hall–Kier alpha value is -3.49. The summed E-state index contributed by atoms with van der Waals surface area (Å²) in [7, 11) is 0. The van der Waals surface area contributed by atoms with Crippen LogP contribution in [0.25, 0.3) is 5.65 Å². The minimum absolute atomic E-state index is 0.112. The first-order valence-electron chi connectivity index (χ1n) is 9.52. The number of carbonyl (C=O) groups excluding carboxylic acids is 1. The number of nitrogens with one attached hydrogen (secondary N) is 1. The van der Waals surface area contributed by atoms with Gasteiger partial charge in [-0.05, 0) is 24.6 Å². The molecule has 3 atom stereocenters. The van der Waals surface area contributed by atoms with E-state index in [2.05, 4.69) is 21.5 Å². The number of rotatable bonds is 0. The molecule has 3 aromatic heterocycles. The maximum atomic E-state index is 14.5. The van der Waals surface area contributed by atoms with Gasteiger partial charge in [0.2, 0.25) is 0 Å². The van der Waals surface area contributed by atoms with E-state index in [-0.39, 0.29) is 30.0 Å². The van der Waals surface area contributed by atoms with Crippen LogP contribution in [-0.4, -0.2) is 38.2 Å². The molecule has 4 bridgehead atoms. The summed E-state index contributed by atoms with van der Waals surface area (Å²) in [6.45, 7) is 2.59. The molecule has 8 nitrogen and oxygen atoms in total. The lowest BCUT2D eigenvalue weighted by Gasteiger charge is -2.28. The predicted octanol–water partition coefficient (Wildman–Crippen LogP) is 1.45. The van der Waals surface area contributed by atoms with Gasteiger partial charge < -0.3 is 14.8 Å². The molecule has 146 valence electrons. The van der Waals surface area contributed by atoms with E-state index < -0.39 is 11.9 Å². The minimum Gasteiger partial charge on any atom is -0.350 e. The van der Waals surface area contributed by atoms with Gasteiger partial charge in [0.25, 0.3) is 11.5 Å². The Bertz CT molecular complexity index is 1290. The molecular formula is C20H17FN6O2. The van der Waals surface area contributed by atoms with Gasteiger partial charge in [-0.2, -0.15) is 5.10 Å². The first kappa shape index (κ1) is 16.5. The van der Waals surface area contributed by atoms with E-state index in [4.69, 9.17) is 0 Å². The summed E-state index contributed by atoms with van der Waals surface area (Å²) in [5.74, 6) is -0.0566. The van der Waals surface area contributed by atoms with Crippen LogP contribution in [0.15, 0.2) is 47.2 Å². The molecule has 3 aliphatic rings. The van der Waals surface area contributed by atoms with E-state index in [9.17, 15) is 14.0 Å². The fourth-order valence-electron chi connectivity index (χ4n) is 4.45. The zero-order valence-corrected chi connectivity index (χ0v) is 15.5. The Labute approximate surface area is 164 Å². The number of anilines is 1. The number of hydrogen-bond acceptors (Lipinski definition) is 5. The van der Waals surface area contributed by atoms with Crippen LogP contribution in [0, 0.1) is 11.7 Å². The van der Waals surface area contributed by atoms with Crippen molar-refractivity contribution in [2.45, 2.75) is 19.0 Å². The van der Waals surface area contributed by atoms with Crippen LogP contribution in [0.2, 0.25) is 0 Å². The summed E-state index contributed by atoms with van der Waals surface area (Å²) in [5.41, 5.74) is 2.20. The van der Waals surface area contributed by atoms with E-state index in [1.165, 1.54) is 28.6 Å². The van der Waals surface area contributed by atoms with Gasteiger partial charge in [-0.3, -0.25) is 9.59 Å². The second kappa shape index (κ2) is 5.53. The number of amides is 1. The summed E-state index contributed by atoms with van der Waals surface area (Å²) in [6.07, 6.45) is 6.56. The van der Waals surface area contributed by atoms with Crippen LogP contribution >= 0.6 is 0 Å². The van der Waals surface area contributed by atoms with Gasteiger partial charge in [-0.1, -0.05) is 6.08 Å². The predicted molar refractivity (Wildman–Crippen MR) is 102 cm³/mol. The fourth-order valence-corrected chi connectivity index (χ4v) is 4.45. The fraction of sp³-hybridized carbons (Fsp3) is 0.300. The van der Waals surface area contributed by atoms with Gasteiger partial charge in [0.1, 0.15) is 17.2 Å². The highest BCUT2D eigenvalue weighted by atomic mass is 19.1. The van der Waals surface area contributed by atoms with Crippen LogP contribution in [-0.2, 0) is 0 Å². The summed E-state index contributed by atoms with van der Waals surface area (Å²) in [6, 6.07) is 2.42. The minimum atomic E-state index is -0.471. The Morgan fingerprint density at radius 3 is 3.03 bits per heavy atom. The monoisotopic (exact) mass is 392 g/mol. The smallest absolute Gasteiger partial charge is 0.256 e.